The summed E-state index contributed by atoms with van der Waals surface area (Å²) in [4.78, 5) is 18.2. The van der Waals surface area contributed by atoms with Crippen molar-refractivity contribution in [1.82, 2.24) is 4.98 Å². The van der Waals surface area contributed by atoms with Crippen molar-refractivity contribution in [3.05, 3.63) is 71.4 Å². The number of fused-ring (bicyclic) bond motifs is 1. The number of carbonyl (C=O) groups excluding carboxylic acids is 1. The van der Waals surface area contributed by atoms with Gasteiger partial charge in [-0.25, -0.2) is 0 Å². The van der Waals surface area contributed by atoms with E-state index in [4.69, 9.17) is 11.6 Å². The summed E-state index contributed by atoms with van der Waals surface area (Å²) in [7, 11) is 0. The fourth-order valence-corrected chi connectivity index (χ4v) is 5.57. The Morgan fingerprint density at radius 1 is 0.825 bits per heavy atom. The molecule has 0 spiro atoms. The number of hydrogen-bond acceptors (Lipinski definition) is 3. The maximum atomic E-state index is 13.8. The average Bonchev–Trinajstić information content (AvgIpc) is 2.98. The number of pyridine rings is 1. The quantitative estimate of drug-likeness (QED) is 0.148. The summed E-state index contributed by atoms with van der Waals surface area (Å²) in [6, 6.07) is 19.5. The topological polar surface area (TPSA) is 65.8 Å². The highest BCUT2D eigenvalue weighted by Crippen LogP contribution is 2.33. The molecule has 1 heterocycles. The van der Waals surface area contributed by atoms with Crippen molar-refractivity contribution in [3.8, 4) is 6.07 Å². The molecule has 0 fully saturated rings. The van der Waals surface area contributed by atoms with Gasteiger partial charge in [0.05, 0.1) is 17.3 Å². The minimum Gasteiger partial charge on any atom is -0.323 e. The molecule has 1 aromatic heterocycles. The van der Waals surface area contributed by atoms with Gasteiger partial charge in [-0.2, -0.15) is 5.26 Å². The van der Waals surface area contributed by atoms with E-state index in [0.29, 0.717) is 23.6 Å². The van der Waals surface area contributed by atoms with Gasteiger partial charge >= 0.3 is 0 Å². The molecule has 0 saturated heterocycles. The summed E-state index contributed by atoms with van der Waals surface area (Å²) in [5.74, 6) is -0.266. The molecule has 2 aromatic carbocycles. The van der Waals surface area contributed by atoms with Gasteiger partial charge in [0.2, 0.25) is 5.91 Å². The zero-order chi connectivity index (χ0) is 28.5. The fraction of sp³-hybridized carbons (Fsp3) is 0.514. The maximum Gasteiger partial charge on any atom is 0.245 e. The molecule has 0 aliphatic heterocycles. The van der Waals surface area contributed by atoms with E-state index >= 15 is 0 Å². The number of hydrogen-bond donors (Lipinski definition) is 1. The number of nitrogens with zero attached hydrogens (tertiary/aromatic N) is 2. The summed E-state index contributed by atoms with van der Waals surface area (Å²) in [5.41, 5.74) is 1.14. The number of halogens is 1. The van der Waals surface area contributed by atoms with Crippen LogP contribution in [0, 0.1) is 16.7 Å². The van der Waals surface area contributed by atoms with E-state index in [1.54, 1.807) is 6.20 Å². The van der Waals surface area contributed by atoms with Crippen molar-refractivity contribution in [2.45, 2.75) is 110 Å². The third-order valence-corrected chi connectivity index (χ3v) is 8.16. The molecule has 1 unspecified atom stereocenters. The van der Waals surface area contributed by atoms with Gasteiger partial charge in [-0.05, 0) is 42.7 Å². The highest BCUT2D eigenvalue weighted by Gasteiger charge is 2.38. The third-order valence-electron chi connectivity index (χ3n) is 7.91. The Hall–Kier alpha value is -2.90. The molecule has 3 rings (SSSR count). The molecule has 0 bridgehead atoms. The van der Waals surface area contributed by atoms with Gasteiger partial charge in [0.1, 0.15) is 5.41 Å². The van der Waals surface area contributed by atoms with E-state index in [9.17, 15) is 10.1 Å². The van der Waals surface area contributed by atoms with Gasteiger partial charge in [0, 0.05) is 16.6 Å². The van der Waals surface area contributed by atoms with Gasteiger partial charge < -0.3 is 5.32 Å². The number of benzene rings is 2. The van der Waals surface area contributed by atoms with Crippen LogP contribution in [-0.4, -0.2) is 10.9 Å². The molecule has 0 radical (unpaired) electrons. The Balaban J connectivity index is 1.51. The number of para-hydroxylation sites is 1. The first-order chi connectivity index (χ1) is 19.6. The lowest BCUT2D eigenvalue weighted by atomic mass is 9.77. The minimum absolute atomic E-state index is 0.266. The highest BCUT2D eigenvalue weighted by atomic mass is 35.5. The molecule has 0 aliphatic rings. The molecule has 214 valence electrons. The zero-order valence-electron chi connectivity index (χ0n) is 24.3. The second kappa shape index (κ2) is 17.7. The Bertz CT molecular complexity index is 1200. The Labute approximate surface area is 246 Å². The van der Waals surface area contributed by atoms with Crippen molar-refractivity contribution in [3.63, 3.8) is 0 Å². The van der Waals surface area contributed by atoms with Crippen LogP contribution >= 0.6 is 11.6 Å². The molecular weight excluding hydrogens is 514 g/mol. The lowest BCUT2D eigenvalue weighted by Crippen LogP contribution is -2.37. The Morgan fingerprint density at radius 3 is 2.00 bits per heavy atom. The standard InChI is InChI=1S/C35H46ClN3O/c1-2-3-4-5-6-7-8-9-10-11-12-13-14-15-25-35(28-37,27-29-21-23-31(36)24-22-29)34(40)39-32-20-16-18-30-19-17-26-38-33(30)32/h16-24,26H,2-15,25,27H2,1H3,(H,39,40). The van der Waals surface area contributed by atoms with Crippen molar-refractivity contribution < 1.29 is 4.79 Å². The first-order valence-electron chi connectivity index (χ1n) is 15.4. The van der Waals surface area contributed by atoms with Crippen LogP contribution in [0.3, 0.4) is 0 Å². The van der Waals surface area contributed by atoms with Crippen LogP contribution in [0.5, 0.6) is 0 Å². The van der Waals surface area contributed by atoms with Gasteiger partial charge in [-0.3, -0.25) is 9.78 Å². The van der Waals surface area contributed by atoms with E-state index in [1.165, 1.54) is 70.6 Å². The summed E-state index contributed by atoms with van der Waals surface area (Å²) < 4.78 is 0. The van der Waals surface area contributed by atoms with E-state index < -0.39 is 5.41 Å². The number of nitrogens with one attached hydrogen (secondary N) is 1. The van der Waals surface area contributed by atoms with Crippen LogP contribution in [0.4, 0.5) is 5.69 Å². The van der Waals surface area contributed by atoms with Crippen LogP contribution in [0.2, 0.25) is 5.02 Å². The Morgan fingerprint density at radius 2 is 1.40 bits per heavy atom. The van der Waals surface area contributed by atoms with Gasteiger partial charge in [-0.1, -0.05) is 139 Å². The second-order valence-corrected chi connectivity index (χ2v) is 11.6. The van der Waals surface area contributed by atoms with Crippen molar-refractivity contribution in [2.75, 3.05) is 5.32 Å². The van der Waals surface area contributed by atoms with E-state index in [2.05, 4.69) is 23.3 Å². The zero-order valence-corrected chi connectivity index (χ0v) is 25.0. The first kappa shape index (κ1) is 31.6. The number of anilines is 1. The SMILES string of the molecule is CCCCCCCCCCCCCCCCC(C#N)(Cc1ccc(Cl)cc1)C(=O)Nc1cccc2cccnc12. The lowest BCUT2D eigenvalue weighted by molar-refractivity contribution is -0.123. The lowest BCUT2D eigenvalue weighted by Gasteiger charge is -2.26. The molecule has 4 nitrogen and oxygen atoms in total. The van der Waals surface area contributed by atoms with Crippen LogP contribution in [0.1, 0.15) is 109 Å². The largest absolute Gasteiger partial charge is 0.323 e. The number of unbranched alkanes of at least 4 members (excludes halogenated alkanes) is 13. The molecule has 0 saturated carbocycles. The predicted molar refractivity (Wildman–Crippen MR) is 169 cm³/mol. The summed E-state index contributed by atoms with van der Waals surface area (Å²) in [6.45, 7) is 2.27. The van der Waals surface area contributed by atoms with Gasteiger partial charge in [0.15, 0.2) is 0 Å². The number of nitriles is 1. The first-order valence-corrected chi connectivity index (χ1v) is 15.8. The average molecular weight is 560 g/mol. The van der Waals surface area contributed by atoms with Gasteiger partial charge in [0.25, 0.3) is 0 Å². The molecular formula is C35H46ClN3O. The summed E-state index contributed by atoms with van der Waals surface area (Å²) in [5, 5.41) is 15.1. The van der Waals surface area contributed by atoms with Crippen LogP contribution in [-0.2, 0) is 11.2 Å². The highest BCUT2D eigenvalue weighted by molar-refractivity contribution is 6.30. The predicted octanol–water partition coefficient (Wildman–Crippen LogP) is 10.5. The van der Waals surface area contributed by atoms with Crippen molar-refractivity contribution in [1.29, 1.82) is 5.26 Å². The number of aromatic nitrogens is 1. The minimum atomic E-state index is -1.16. The molecule has 1 atom stereocenters. The number of amides is 1. The Kier molecular flexibility index (Phi) is 14.0. The summed E-state index contributed by atoms with van der Waals surface area (Å²) in [6.07, 6.45) is 20.4. The molecule has 3 aromatic rings. The summed E-state index contributed by atoms with van der Waals surface area (Å²) >= 11 is 6.09. The molecule has 1 N–H and O–H groups in total. The van der Waals surface area contributed by atoms with E-state index in [1.807, 2.05) is 54.6 Å². The number of rotatable bonds is 19. The smallest absolute Gasteiger partial charge is 0.245 e. The van der Waals surface area contributed by atoms with Crippen LogP contribution in [0.25, 0.3) is 10.9 Å². The van der Waals surface area contributed by atoms with Crippen LogP contribution < -0.4 is 5.32 Å². The van der Waals surface area contributed by atoms with Crippen molar-refractivity contribution in [2.24, 2.45) is 5.41 Å². The normalized spacial score (nSPS) is 12.6. The molecule has 40 heavy (non-hydrogen) atoms. The second-order valence-electron chi connectivity index (χ2n) is 11.2. The van der Waals surface area contributed by atoms with Crippen molar-refractivity contribution >= 4 is 34.1 Å². The molecule has 0 aliphatic carbocycles. The number of carbonyl (C=O) groups is 1. The molecule has 1 amide bonds. The molecule has 5 heteroatoms. The van der Waals surface area contributed by atoms with E-state index in [0.717, 1.165) is 35.7 Å². The van der Waals surface area contributed by atoms with E-state index in [-0.39, 0.29) is 5.91 Å². The van der Waals surface area contributed by atoms with Crippen LogP contribution in [0.15, 0.2) is 60.8 Å². The maximum absolute atomic E-state index is 13.8. The monoisotopic (exact) mass is 559 g/mol. The third kappa shape index (κ3) is 10.3. The fourth-order valence-electron chi connectivity index (χ4n) is 5.45. The van der Waals surface area contributed by atoms with Gasteiger partial charge in [-0.15, -0.1) is 0 Å².